The maximum Gasteiger partial charge on any atom is 0.274 e. The monoisotopic (exact) mass is 214 g/mol. The minimum Gasteiger partial charge on any atom is -0.267 e. The van der Waals surface area contributed by atoms with Crippen LogP contribution in [-0.2, 0) is 0 Å². The summed E-state index contributed by atoms with van der Waals surface area (Å²) in [4.78, 5) is 12.2. The number of hydrogen-bond donors (Lipinski definition) is 0. The van der Waals surface area contributed by atoms with Gasteiger partial charge in [-0.2, -0.15) is 5.10 Å². The third-order valence-electron chi connectivity index (χ3n) is 3.43. The average molecular weight is 214 g/mol. The zero-order valence-corrected chi connectivity index (χ0v) is 9.31. The highest BCUT2D eigenvalue weighted by Gasteiger charge is 2.22. The zero-order chi connectivity index (χ0) is 11.1. The Morgan fingerprint density at radius 2 is 1.94 bits per heavy atom. The summed E-state index contributed by atoms with van der Waals surface area (Å²) in [5.41, 5.74) is 1.01. The highest BCUT2D eigenvalue weighted by atomic mass is 16.1. The minimum atomic E-state index is 0.0610. The van der Waals surface area contributed by atoms with Crippen molar-refractivity contribution in [2.45, 2.75) is 32.2 Å². The predicted molar refractivity (Wildman–Crippen MR) is 63.6 cm³/mol. The Morgan fingerprint density at radius 3 is 2.56 bits per heavy atom. The molecule has 3 rings (SSSR count). The Balaban J connectivity index is 2.31. The zero-order valence-electron chi connectivity index (χ0n) is 9.31. The first-order valence-electron chi connectivity index (χ1n) is 5.75. The van der Waals surface area contributed by atoms with Crippen LogP contribution < -0.4 is 5.56 Å². The number of fused-ring (bicyclic) bond motifs is 1. The van der Waals surface area contributed by atoms with Crippen molar-refractivity contribution >= 4 is 10.8 Å². The summed E-state index contributed by atoms with van der Waals surface area (Å²) in [7, 11) is 0. The van der Waals surface area contributed by atoms with Crippen LogP contribution >= 0.6 is 0 Å². The molecule has 1 aromatic carbocycles. The molecule has 0 aliphatic heterocycles. The molecule has 1 saturated carbocycles. The van der Waals surface area contributed by atoms with Crippen LogP contribution in [0.3, 0.4) is 0 Å². The van der Waals surface area contributed by atoms with E-state index in [2.05, 4.69) is 5.10 Å². The second-order valence-electron chi connectivity index (χ2n) is 4.47. The van der Waals surface area contributed by atoms with Crippen LogP contribution in [-0.4, -0.2) is 9.78 Å². The highest BCUT2D eigenvalue weighted by Crippen LogP contribution is 2.30. The maximum atomic E-state index is 12.2. The Morgan fingerprint density at radius 1 is 1.25 bits per heavy atom. The van der Waals surface area contributed by atoms with Crippen LogP contribution in [0.2, 0.25) is 0 Å². The largest absolute Gasteiger partial charge is 0.274 e. The number of hydrogen-bond acceptors (Lipinski definition) is 2. The quantitative estimate of drug-likeness (QED) is 0.730. The average Bonchev–Trinajstić information content (AvgIpc) is 2.23. The lowest BCUT2D eigenvalue weighted by molar-refractivity contribution is 0.279. The van der Waals surface area contributed by atoms with E-state index in [0.29, 0.717) is 6.04 Å². The summed E-state index contributed by atoms with van der Waals surface area (Å²) in [6.45, 7) is 1.97. The van der Waals surface area contributed by atoms with Gasteiger partial charge in [-0.25, -0.2) is 4.68 Å². The van der Waals surface area contributed by atoms with E-state index < -0.39 is 0 Å². The van der Waals surface area contributed by atoms with Gasteiger partial charge in [0.15, 0.2) is 0 Å². The number of benzene rings is 1. The van der Waals surface area contributed by atoms with Crippen molar-refractivity contribution in [3.63, 3.8) is 0 Å². The van der Waals surface area contributed by atoms with Gasteiger partial charge in [-0.1, -0.05) is 18.2 Å². The molecule has 16 heavy (non-hydrogen) atoms. The smallest absolute Gasteiger partial charge is 0.267 e. The third-order valence-corrected chi connectivity index (χ3v) is 3.43. The maximum absolute atomic E-state index is 12.2. The summed E-state index contributed by atoms with van der Waals surface area (Å²) in [6, 6.07) is 8.04. The molecule has 2 aromatic rings. The Kier molecular flexibility index (Phi) is 2.06. The van der Waals surface area contributed by atoms with Gasteiger partial charge in [0.1, 0.15) is 0 Å². The van der Waals surface area contributed by atoms with E-state index in [1.54, 1.807) is 4.68 Å². The molecule has 0 bridgehead atoms. The topological polar surface area (TPSA) is 34.9 Å². The molecule has 1 aliphatic carbocycles. The first-order valence-corrected chi connectivity index (χ1v) is 5.75. The van der Waals surface area contributed by atoms with Crippen LogP contribution in [0.15, 0.2) is 29.1 Å². The summed E-state index contributed by atoms with van der Waals surface area (Å²) in [5, 5.41) is 6.20. The van der Waals surface area contributed by atoms with Crippen molar-refractivity contribution in [1.29, 1.82) is 0 Å². The molecule has 1 aliphatic rings. The predicted octanol–water partition coefficient (Wildman–Crippen LogP) is 2.43. The van der Waals surface area contributed by atoms with Crippen molar-refractivity contribution in [3.8, 4) is 0 Å². The van der Waals surface area contributed by atoms with Crippen molar-refractivity contribution in [2.75, 3.05) is 0 Å². The van der Waals surface area contributed by atoms with Crippen LogP contribution in [0.5, 0.6) is 0 Å². The van der Waals surface area contributed by atoms with Gasteiger partial charge in [-0.15, -0.1) is 0 Å². The summed E-state index contributed by atoms with van der Waals surface area (Å²) in [5.74, 6) is 0. The molecular weight excluding hydrogens is 200 g/mol. The summed E-state index contributed by atoms with van der Waals surface area (Å²) in [6.07, 6.45) is 3.39. The standard InChI is InChI=1S/C13H14N2O/c1-9-11-7-2-3-8-12(11)13(16)15(14-9)10-5-4-6-10/h2-3,7-8,10H,4-6H2,1H3. The fraction of sp³-hybridized carbons (Fsp3) is 0.385. The molecule has 3 heteroatoms. The number of nitrogens with zero attached hydrogens (tertiary/aromatic N) is 2. The lowest BCUT2D eigenvalue weighted by Crippen LogP contribution is -2.31. The van der Waals surface area contributed by atoms with Gasteiger partial charge in [0.05, 0.1) is 17.1 Å². The first kappa shape index (κ1) is 9.58. The molecule has 82 valence electrons. The van der Waals surface area contributed by atoms with Gasteiger partial charge < -0.3 is 0 Å². The number of aryl methyl sites for hydroxylation is 1. The van der Waals surface area contributed by atoms with Gasteiger partial charge >= 0.3 is 0 Å². The van der Waals surface area contributed by atoms with Crippen molar-refractivity contribution in [1.82, 2.24) is 9.78 Å². The van der Waals surface area contributed by atoms with Gasteiger partial charge in [0.25, 0.3) is 5.56 Å². The molecule has 0 spiro atoms. The second-order valence-corrected chi connectivity index (χ2v) is 4.47. The molecule has 0 atom stereocenters. The second kappa shape index (κ2) is 3.44. The molecule has 3 nitrogen and oxygen atoms in total. The molecule has 0 saturated heterocycles. The first-order chi connectivity index (χ1) is 7.77. The van der Waals surface area contributed by atoms with E-state index in [4.69, 9.17) is 0 Å². The van der Waals surface area contributed by atoms with Gasteiger partial charge in [0.2, 0.25) is 0 Å². The fourth-order valence-electron chi connectivity index (χ4n) is 2.25. The highest BCUT2D eigenvalue weighted by molar-refractivity contribution is 5.83. The molecule has 1 heterocycles. The summed E-state index contributed by atoms with van der Waals surface area (Å²) < 4.78 is 1.68. The van der Waals surface area contributed by atoms with Crippen molar-refractivity contribution in [2.24, 2.45) is 0 Å². The molecular formula is C13H14N2O. The van der Waals surface area contributed by atoms with E-state index >= 15 is 0 Å². The number of rotatable bonds is 1. The van der Waals surface area contributed by atoms with E-state index in [-0.39, 0.29) is 5.56 Å². The molecule has 0 radical (unpaired) electrons. The van der Waals surface area contributed by atoms with E-state index in [1.807, 2.05) is 31.2 Å². The summed E-state index contributed by atoms with van der Waals surface area (Å²) >= 11 is 0. The van der Waals surface area contributed by atoms with Gasteiger partial charge in [-0.05, 0) is 32.3 Å². The Bertz CT molecular complexity index is 596. The normalized spacial score (nSPS) is 16.3. The Labute approximate surface area is 93.7 Å². The Hall–Kier alpha value is -1.64. The molecule has 1 aromatic heterocycles. The van der Waals surface area contributed by atoms with Crippen molar-refractivity contribution in [3.05, 3.63) is 40.3 Å². The van der Waals surface area contributed by atoms with Gasteiger partial charge in [0, 0.05) is 5.39 Å². The van der Waals surface area contributed by atoms with Crippen LogP contribution in [0.25, 0.3) is 10.8 Å². The third kappa shape index (κ3) is 1.28. The van der Waals surface area contributed by atoms with Gasteiger partial charge in [-0.3, -0.25) is 4.79 Å². The van der Waals surface area contributed by atoms with Crippen LogP contribution in [0.1, 0.15) is 31.0 Å². The fourth-order valence-corrected chi connectivity index (χ4v) is 2.25. The van der Waals surface area contributed by atoms with Crippen molar-refractivity contribution < 1.29 is 0 Å². The molecule has 0 amide bonds. The van der Waals surface area contributed by atoms with E-state index in [9.17, 15) is 4.79 Å². The molecule has 0 N–H and O–H groups in total. The van der Waals surface area contributed by atoms with E-state index in [1.165, 1.54) is 6.42 Å². The van der Waals surface area contributed by atoms with Crippen LogP contribution in [0, 0.1) is 6.92 Å². The lowest BCUT2D eigenvalue weighted by atomic mass is 9.93. The SMILES string of the molecule is Cc1nn(C2CCC2)c(=O)c2ccccc12. The van der Waals surface area contributed by atoms with Crippen LogP contribution in [0.4, 0.5) is 0 Å². The lowest BCUT2D eigenvalue weighted by Gasteiger charge is -2.26. The molecule has 0 unspecified atom stereocenters. The minimum absolute atomic E-state index is 0.0610. The van der Waals surface area contributed by atoms with E-state index in [0.717, 1.165) is 29.3 Å². The molecule has 1 fully saturated rings. The number of aromatic nitrogens is 2.